The van der Waals surface area contributed by atoms with E-state index in [1.165, 1.54) is 0 Å². The van der Waals surface area contributed by atoms with Gasteiger partial charge in [-0.15, -0.1) is 10.2 Å². The first-order valence-corrected chi connectivity index (χ1v) is 3.91. The van der Waals surface area contributed by atoms with E-state index in [4.69, 9.17) is 4.42 Å². The third-order valence-corrected chi connectivity index (χ3v) is 1.97. The third kappa shape index (κ3) is 0.823. The molecule has 0 saturated carbocycles. The lowest BCUT2D eigenvalue weighted by atomic mass is 10.2. The molecule has 0 aliphatic heterocycles. The van der Waals surface area contributed by atoms with Crippen molar-refractivity contribution >= 4 is 22.1 Å². The minimum Gasteiger partial charge on any atom is -0.453 e. The highest BCUT2D eigenvalue weighted by molar-refractivity contribution is 6.01. The first-order valence-electron chi connectivity index (χ1n) is 3.91. The Kier molecular flexibility index (Phi) is 1.14. The van der Waals surface area contributed by atoms with Gasteiger partial charge in [0.05, 0.1) is 6.20 Å². The molecule has 0 N–H and O–H groups in total. The number of nitrogens with zero attached hydrogens (tertiary/aromatic N) is 3. The van der Waals surface area contributed by atoms with Crippen LogP contribution in [0.2, 0.25) is 0 Å². The molecule has 0 spiro atoms. The summed E-state index contributed by atoms with van der Waals surface area (Å²) in [6.07, 6.45) is 1.57. The predicted molar refractivity (Wildman–Crippen MR) is 47.1 cm³/mol. The average Bonchev–Trinajstić information content (AvgIpc) is 2.56. The van der Waals surface area contributed by atoms with Gasteiger partial charge < -0.3 is 4.42 Å². The van der Waals surface area contributed by atoms with Crippen LogP contribution in [0.3, 0.4) is 0 Å². The van der Waals surface area contributed by atoms with E-state index in [1.807, 2.05) is 24.3 Å². The second-order valence-corrected chi connectivity index (χ2v) is 2.75. The number of hydrogen-bond donors (Lipinski definition) is 0. The number of para-hydroxylation sites is 1. The maximum absolute atomic E-state index is 5.49. The fraction of sp³-hybridized carbons (Fsp3) is 0. The number of hydrogen-bond acceptors (Lipinski definition) is 4. The predicted octanol–water partition coefficient (Wildman–Crippen LogP) is 1.77. The number of benzene rings is 1. The van der Waals surface area contributed by atoms with Crippen LogP contribution in [0.15, 0.2) is 34.9 Å². The largest absolute Gasteiger partial charge is 0.453 e. The van der Waals surface area contributed by atoms with Crippen molar-refractivity contribution in [2.45, 2.75) is 0 Å². The van der Waals surface area contributed by atoms with E-state index in [-0.39, 0.29) is 0 Å². The van der Waals surface area contributed by atoms with Crippen LogP contribution in [0.5, 0.6) is 0 Å². The van der Waals surface area contributed by atoms with E-state index >= 15 is 0 Å². The molecule has 0 bridgehead atoms. The zero-order valence-electron chi connectivity index (χ0n) is 6.64. The second-order valence-electron chi connectivity index (χ2n) is 2.75. The monoisotopic (exact) mass is 171 g/mol. The van der Waals surface area contributed by atoms with Crippen LogP contribution in [0.4, 0.5) is 0 Å². The molecule has 0 aliphatic carbocycles. The van der Waals surface area contributed by atoms with Gasteiger partial charge in [-0.05, 0) is 17.3 Å². The molecule has 2 aromatic heterocycles. The van der Waals surface area contributed by atoms with Crippen LogP contribution in [0.1, 0.15) is 0 Å². The van der Waals surface area contributed by atoms with Crippen molar-refractivity contribution in [1.82, 2.24) is 15.4 Å². The summed E-state index contributed by atoms with van der Waals surface area (Å²) < 4.78 is 5.49. The zero-order chi connectivity index (χ0) is 8.67. The molecule has 62 valence electrons. The lowest BCUT2D eigenvalue weighted by molar-refractivity contribution is 0.661. The van der Waals surface area contributed by atoms with Crippen molar-refractivity contribution in [3.05, 3.63) is 30.5 Å². The van der Waals surface area contributed by atoms with Gasteiger partial charge in [0.1, 0.15) is 11.1 Å². The van der Waals surface area contributed by atoms with Crippen molar-refractivity contribution < 1.29 is 4.42 Å². The zero-order valence-corrected chi connectivity index (χ0v) is 6.64. The second kappa shape index (κ2) is 2.26. The Hall–Kier alpha value is -1.97. The molecule has 13 heavy (non-hydrogen) atoms. The summed E-state index contributed by atoms with van der Waals surface area (Å²) in [6.45, 7) is 0. The Morgan fingerprint density at radius 3 is 3.00 bits per heavy atom. The van der Waals surface area contributed by atoms with Crippen molar-refractivity contribution in [3.8, 4) is 0 Å². The molecule has 2 heterocycles. The van der Waals surface area contributed by atoms with Crippen molar-refractivity contribution in [3.63, 3.8) is 0 Å². The quantitative estimate of drug-likeness (QED) is 0.517. The molecule has 0 atom stereocenters. The van der Waals surface area contributed by atoms with Gasteiger partial charge in [-0.3, -0.25) is 0 Å². The van der Waals surface area contributed by atoms with E-state index in [0.717, 1.165) is 16.5 Å². The van der Waals surface area contributed by atoms with E-state index in [0.29, 0.717) is 5.58 Å². The molecule has 0 unspecified atom stereocenters. The summed E-state index contributed by atoms with van der Waals surface area (Å²) in [4.78, 5) is 0. The van der Waals surface area contributed by atoms with Crippen molar-refractivity contribution in [1.29, 1.82) is 0 Å². The van der Waals surface area contributed by atoms with Crippen LogP contribution >= 0.6 is 0 Å². The van der Waals surface area contributed by atoms with Gasteiger partial charge >= 0.3 is 0 Å². The third-order valence-electron chi connectivity index (χ3n) is 1.97. The molecule has 3 rings (SSSR count). The number of rotatable bonds is 0. The molecule has 3 aromatic rings. The molecular weight excluding hydrogens is 166 g/mol. The van der Waals surface area contributed by atoms with E-state index in [2.05, 4.69) is 15.4 Å². The van der Waals surface area contributed by atoms with Crippen LogP contribution in [-0.4, -0.2) is 15.4 Å². The Balaban J connectivity index is 2.64. The average molecular weight is 171 g/mol. The summed E-state index contributed by atoms with van der Waals surface area (Å²) in [5, 5.41) is 12.1. The number of aromatic nitrogens is 3. The Morgan fingerprint density at radius 1 is 1.08 bits per heavy atom. The molecule has 0 saturated heterocycles. The molecule has 0 amide bonds. The maximum Gasteiger partial charge on any atom is 0.175 e. The Bertz CT molecular complexity index is 523. The smallest absolute Gasteiger partial charge is 0.175 e. The van der Waals surface area contributed by atoms with Crippen molar-refractivity contribution in [2.24, 2.45) is 0 Å². The fourth-order valence-corrected chi connectivity index (χ4v) is 1.39. The number of furan rings is 1. The summed E-state index contributed by atoms with van der Waals surface area (Å²) in [6, 6.07) is 7.72. The first kappa shape index (κ1) is 6.54. The lowest BCUT2D eigenvalue weighted by Crippen LogP contribution is -1.83. The summed E-state index contributed by atoms with van der Waals surface area (Å²) in [7, 11) is 0. The van der Waals surface area contributed by atoms with Gasteiger partial charge in [0.2, 0.25) is 0 Å². The van der Waals surface area contributed by atoms with E-state index in [1.54, 1.807) is 6.20 Å². The molecule has 0 fully saturated rings. The van der Waals surface area contributed by atoms with E-state index < -0.39 is 0 Å². The van der Waals surface area contributed by atoms with Crippen LogP contribution in [0.25, 0.3) is 22.1 Å². The highest BCUT2D eigenvalue weighted by atomic mass is 16.3. The number of fused-ring (bicyclic) bond motifs is 3. The topological polar surface area (TPSA) is 51.8 Å². The Labute approximate surface area is 73.2 Å². The van der Waals surface area contributed by atoms with Crippen LogP contribution in [0, 0.1) is 0 Å². The highest BCUT2D eigenvalue weighted by Gasteiger charge is 2.06. The maximum atomic E-state index is 5.49. The van der Waals surface area contributed by atoms with Gasteiger partial charge in [-0.1, -0.05) is 12.1 Å². The molecular formula is C9H5N3O. The normalized spacial score (nSPS) is 11.1. The van der Waals surface area contributed by atoms with Gasteiger partial charge in [-0.25, -0.2) is 0 Å². The molecule has 0 aliphatic rings. The van der Waals surface area contributed by atoms with Crippen LogP contribution < -0.4 is 0 Å². The van der Waals surface area contributed by atoms with E-state index in [9.17, 15) is 0 Å². The summed E-state index contributed by atoms with van der Waals surface area (Å²) >= 11 is 0. The minimum absolute atomic E-state index is 0.677. The summed E-state index contributed by atoms with van der Waals surface area (Å²) in [5.74, 6) is 0. The first-order chi connectivity index (χ1) is 6.45. The highest BCUT2D eigenvalue weighted by Crippen LogP contribution is 2.24. The van der Waals surface area contributed by atoms with Gasteiger partial charge in [0, 0.05) is 5.39 Å². The lowest BCUT2D eigenvalue weighted by Gasteiger charge is -1.83. The molecule has 1 aromatic carbocycles. The van der Waals surface area contributed by atoms with Gasteiger partial charge in [0.25, 0.3) is 0 Å². The molecule has 0 radical (unpaired) electrons. The SMILES string of the molecule is c1ccc2c(c1)oc1cnnnc12. The standard InChI is InChI=1S/C9H5N3O/c1-2-4-7-6(3-1)9-8(13-7)5-10-12-11-9/h1-5H. The summed E-state index contributed by atoms with van der Waals surface area (Å²) in [5.41, 5.74) is 2.27. The van der Waals surface area contributed by atoms with Gasteiger partial charge in [0.15, 0.2) is 5.58 Å². The fourth-order valence-electron chi connectivity index (χ4n) is 1.39. The van der Waals surface area contributed by atoms with Gasteiger partial charge in [-0.2, -0.15) is 0 Å². The van der Waals surface area contributed by atoms with Crippen LogP contribution in [-0.2, 0) is 0 Å². The Morgan fingerprint density at radius 2 is 2.00 bits per heavy atom. The minimum atomic E-state index is 0.677. The molecule has 4 nitrogen and oxygen atoms in total. The molecule has 4 heteroatoms. The van der Waals surface area contributed by atoms with Crippen molar-refractivity contribution in [2.75, 3.05) is 0 Å².